The highest BCUT2D eigenvalue weighted by Gasteiger charge is 2.15. The molecule has 0 aliphatic carbocycles. The average molecular weight is 402 g/mol. The Bertz CT molecular complexity index is 1330. The highest BCUT2D eigenvalue weighted by Crippen LogP contribution is 2.17. The monoisotopic (exact) mass is 402 g/mol. The Morgan fingerprint density at radius 1 is 0.800 bits per heavy atom. The van der Waals surface area contributed by atoms with Crippen LogP contribution in [-0.2, 0) is 0 Å². The Hall–Kier alpha value is -4.33. The van der Waals surface area contributed by atoms with Gasteiger partial charge in [-0.15, -0.1) is 0 Å². The van der Waals surface area contributed by atoms with Gasteiger partial charge in [-0.05, 0) is 42.5 Å². The number of nitrogens with zero attached hydrogens (tertiary/aromatic N) is 1. The summed E-state index contributed by atoms with van der Waals surface area (Å²) < 4.78 is 13.3. The van der Waals surface area contributed by atoms with E-state index >= 15 is 0 Å². The van der Waals surface area contributed by atoms with Crippen molar-refractivity contribution in [1.82, 2.24) is 10.2 Å². The van der Waals surface area contributed by atoms with Crippen molar-refractivity contribution in [2.24, 2.45) is 0 Å². The van der Waals surface area contributed by atoms with Crippen LogP contribution in [0.15, 0.2) is 77.6 Å². The molecule has 30 heavy (non-hydrogen) atoms. The van der Waals surface area contributed by atoms with Gasteiger partial charge in [0.2, 0.25) is 0 Å². The summed E-state index contributed by atoms with van der Waals surface area (Å²) in [6.07, 6.45) is 0. The maximum Gasteiger partial charge on any atom is 0.276 e. The first kappa shape index (κ1) is 19.0. The molecule has 7 nitrogen and oxygen atoms in total. The largest absolute Gasteiger partial charge is 0.322 e. The molecule has 0 fully saturated rings. The average Bonchev–Trinajstić information content (AvgIpc) is 2.74. The number of carbonyl (C=O) groups excluding carboxylic acids is 2. The van der Waals surface area contributed by atoms with E-state index in [-0.39, 0.29) is 11.3 Å². The standard InChI is InChI=1S/C22H15FN4O3/c23-14-6-4-8-16(12-14)24-20(28)13-5-3-7-15(11-13)25-22(30)19-17-9-1-2-10-18(17)21(29)27-26-19/h1-12H,(H,24,28)(H,25,30)(H,27,29). The second kappa shape index (κ2) is 7.96. The fourth-order valence-corrected chi connectivity index (χ4v) is 2.99. The van der Waals surface area contributed by atoms with Gasteiger partial charge in [0.1, 0.15) is 5.82 Å². The van der Waals surface area contributed by atoms with E-state index in [4.69, 9.17) is 0 Å². The van der Waals surface area contributed by atoms with Crippen LogP contribution in [0.1, 0.15) is 20.8 Å². The zero-order chi connectivity index (χ0) is 21.1. The fourth-order valence-electron chi connectivity index (χ4n) is 2.99. The van der Waals surface area contributed by atoms with Crippen LogP contribution >= 0.6 is 0 Å². The van der Waals surface area contributed by atoms with Gasteiger partial charge in [0.05, 0.1) is 5.39 Å². The molecule has 3 N–H and O–H groups in total. The quantitative estimate of drug-likeness (QED) is 0.485. The fraction of sp³-hybridized carbons (Fsp3) is 0. The zero-order valence-electron chi connectivity index (χ0n) is 15.5. The van der Waals surface area contributed by atoms with Crippen LogP contribution in [0.25, 0.3) is 10.8 Å². The highest BCUT2D eigenvalue weighted by atomic mass is 19.1. The number of carbonyl (C=O) groups is 2. The molecule has 1 heterocycles. The molecule has 8 heteroatoms. The molecule has 1 aromatic heterocycles. The van der Waals surface area contributed by atoms with E-state index in [0.29, 0.717) is 22.1 Å². The number of rotatable bonds is 4. The number of amides is 2. The molecule has 148 valence electrons. The summed E-state index contributed by atoms with van der Waals surface area (Å²) in [6, 6.07) is 18.5. The maximum atomic E-state index is 13.3. The number of anilines is 2. The van der Waals surface area contributed by atoms with E-state index in [1.165, 1.54) is 24.3 Å². The van der Waals surface area contributed by atoms with Crippen LogP contribution < -0.4 is 16.2 Å². The lowest BCUT2D eigenvalue weighted by Gasteiger charge is -2.09. The van der Waals surface area contributed by atoms with Crippen LogP contribution in [0.4, 0.5) is 15.8 Å². The van der Waals surface area contributed by atoms with Gasteiger partial charge >= 0.3 is 0 Å². The molecule has 4 rings (SSSR count). The molecule has 0 spiro atoms. The molecule has 0 unspecified atom stereocenters. The molecule has 2 amide bonds. The zero-order valence-corrected chi connectivity index (χ0v) is 15.5. The molecular formula is C22H15FN4O3. The van der Waals surface area contributed by atoms with Crippen molar-refractivity contribution < 1.29 is 14.0 Å². The molecule has 4 aromatic rings. The second-order valence-electron chi connectivity index (χ2n) is 6.45. The molecule has 0 aliphatic rings. The lowest BCUT2D eigenvalue weighted by atomic mass is 10.1. The van der Waals surface area contributed by atoms with Crippen LogP contribution in [0.5, 0.6) is 0 Å². The van der Waals surface area contributed by atoms with Crippen LogP contribution in [0.3, 0.4) is 0 Å². The third-order valence-electron chi connectivity index (χ3n) is 4.38. The number of H-pyrrole nitrogens is 1. The minimum atomic E-state index is -0.537. The lowest BCUT2D eigenvalue weighted by molar-refractivity contribution is 0.101. The first-order chi connectivity index (χ1) is 14.5. The Morgan fingerprint density at radius 2 is 1.47 bits per heavy atom. The van der Waals surface area contributed by atoms with Crippen molar-refractivity contribution in [2.75, 3.05) is 10.6 Å². The summed E-state index contributed by atoms with van der Waals surface area (Å²) in [5.41, 5.74) is 0.622. The maximum absolute atomic E-state index is 13.3. The number of halogens is 1. The van der Waals surface area contributed by atoms with Gasteiger partial charge in [-0.2, -0.15) is 5.10 Å². The first-order valence-electron chi connectivity index (χ1n) is 8.97. The van der Waals surface area contributed by atoms with Gasteiger partial charge in [-0.1, -0.05) is 30.3 Å². The number of hydrogen-bond acceptors (Lipinski definition) is 4. The normalized spacial score (nSPS) is 10.6. The van der Waals surface area contributed by atoms with Crippen molar-refractivity contribution >= 4 is 34.0 Å². The highest BCUT2D eigenvalue weighted by molar-refractivity contribution is 6.11. The number of hydrogen-bond donors (Lipinski definition) is 3. The Labute approximate surface area is 169 Å². The Kier molecular flexibility index (Phi) is 5.04. The molecule has 0 saturated heterocycles. The van der Waals surface area contributed by atoms with Gasteiger partial charge in [0.25, 0.3) is 17.4 Å². The van der Waals surface area contributed by atoms with Crippen molar-refractivity contribution in [3.8, 4) is 0 Å². The van der Waals surface area contributed by atoms with Crippen LogP contribution in [-0.4, -0.2) is 22.0 Å². The van der Waals surface area contributed by atoms with E-state index in [1.54, 1.807) is 48.5 Å². The van der Waals surface area contributed by atoms with Crippen LogP contribution in [0.2, 0.25) is 0 Å². The number of aromatic amines is 1. The minimum Gasteiger partial charge on any atom is -0.322 e. The van der Waals surface area contributed by atoms with Gasteiger partial charge < -0.3 is 10.6 Å². The first-order valence-corrected chi connectivity index (χ1v) is 8.97. The second-order valence-corrected chi connectivity index (χ2v) is 6.45. The molecule has 0 radical (unpaired) electrons. The van der Waals surface area contributed by atoms with Gasteiger partial charge in [-0.3, -0.25) is 14.4 Å². The SMILES string of the molecule is O=C(Nc1cccc(F)c1)c1cccc(NC(=O)c2n[nH]c(=O)c3ccccc23)c1. The number of benzene rings is 3. The van der Waals surface area contributed by atoms with E-state index in [2.05, 4.69) is 20.8 Å². The summed E-state index contributed by atoms with van der Waals surface area (Å²) in [4.78, 5) is 37.0. The number of fused-ring (bicyclic) bond motifs is 1. The van der Waals surface area contributed by atoms with Crippen molar-refractivity contribution in [3.63, 3.8) is 0 Å². The van der Waals surface area contributed by atoms with Crippen molar-refractivity contribution in [3.05, 3.63) is 100 Å². The molecule has 3 aromatic carbocycles. The van der Waals surface area contributed by atoms with Crippen molar-refractivity contribution in [2.45, 2.75) is 0 Å². The van der Waals surface area contributed by atoms with Crippen LogP contribution in [0, 0.1) is 5.82 Å². The summed E-state index contributed by atoms with van der Waals surface area (Å²) in [5, 5.41) is 12.2. The van der Waals surface area contributed by atoms with E-state index < -0.39 is 23.2 Å². The molecule has 0 saturated carbocycles. The number of nitrogens with one attached hydrogen (secondary N) is 3. The summed E-state index contributed by atoms with van der Waals surface area (Å²) in [5.74, 6) is -1.45. The van der Waals surface area contributed by atoms with Gasteiger partial charge in [0, 0.05) is 22.3 Å². The predicted octanol–water partition coefficient (Wildman–Crippen LogP) is 3.57. The third-order valence-corrected chi connectivity index (χ3v) is 4.38. The summed E-state index contributed by atoms with van der Waals surface area (Å²) in [7, 11) is 0. The Balaban J connectivity index is 1.56. The van der Waals surface area contributed by atoms with Crippen molar-refractivity contribution in [1.29, 1.82) is 0 Å². The topological polar surface area (TPSA) is 104 Å². The summed E-state index contributed by atoms with van der Waals surface area (Å²) >= 11 is 0. The third kappa shape index (κ3) is 3.93. The summed E-state index contributed by atoms with van der Waals surface area (Å²) in [6.45, 7) is 0. The Morgan fingerprint density at radius 3 is 2.23 bits per heavy atom. The number of aromatic nitrogens is 2. The van der Waals surface area contributed by atoms with E-state index in [0.717, 1.165) is 0 Å². The predicted molar refractivity (Wildman–Crippen MR) is 111 cm³/mol. The molecule has 0 bridgehead atoms. The minimum absolute atomic E-state index is 0.0554. The van der Waals surface area contributed by atoms with E-state index in [9.17, 15) is 18.8 Å². The molecular weight excluding hydrogens is 387 g/mol. The smallest absolute Gasteiger partial charge is 0.276 e. The lowest BCUT2D eigenvalue weighted by Crippen LogP contribution is -2.19. The van der Waals surface area contributed by atoms with E-state index in [1.807, 2.05) is 0 Å². The molecule has 0 aliphatic heterocycles. The van der Waals surface area contributed by atoms with Gasteiger partial charge in [0.15, 0.2) is 5.69 Å². The van der Waals surface area contributed by atoms with Gasteiger partial charge in [-0.25, -0.2) is 9.49 Å². The molecule has 0 atom stereocenters.